The number of hydrogen-bond acceptors (Lipinski definition) is 9. The number of aliphatic hydroxyl groups excluding tert-OH is 1. The van der Waals surface area contributed by atoms with Crippen LogP contribution < -0.4 is 10.6 Å². The third kappa shape index (κ3) is 4.58. The van der Waals surface area contributed by atoms with E-state index in [1.54, 1.807) is 6.20 Å². The Hall–Kier alpha value is -3.52. The number of benzene rings is 1. The summed E-state index contributed by atoms with van der Waals surface area (Å²) in [6, 6.07) is 9.89. The topological polar surface area (TPSA) is 124 Å². The lowest BCUT2D eigenvalue weighted by molar-refractivity contribution is -0.0287. The quantitative estimate of drug-likeness (QED) is 0.493. The maximum absolute atomic E-state index is 9.99. The number of aliphatic hydroxyl groups is 1. The number of nitrogens with zero attached hydrogens (tertiary/aromatic N) is 6. The first kappa shape index (κ1) is 23.2. The van der Waals surface area contributed by atoms with Crippen LogP contribution >= 0.6 is 0 Å². The van der Waals surface area contributed by atoms with E-state index in [2.05, 4.69) is 38.7 Å². The summed E-state index contributed by atoms with van der Waals surface area (Å²) in [6.07, 6.45) is 1.76. The molecule has 0 unspecified atom stereocenters. The molecule has 1 saturated heterocycles. The molecule has 2 aliphatic rings. The third-order valence-electron chi connectivity index (χ3n) is 6.73. The van der Waals surface area contributed by atoms with E-state index in [0.29, 0.717) is 36.9 Å². The Bertz CT molecular complexity index is 1280. The average molecular weight is 475 g/mol. The van der Waals surface area contributed by atoms with Crippen LogP contribution in [0.5, 0.6) is 0 Å². The highest BCUT2D eigenvalue weighted by Crippen LogP contribution is 2.41. The van der Waals surface area contributed by atoms with Crippen LogP contribution in [0, 0.1) is 18.3 Å². The van der Waals surface area contributed by atoms with E-state index in [0.717, 1.165) is 41.4 Å². The summed E-state index contributed by atoms with van der Waals surface area (Å²) in [5.41, 5.74) is 4.18. The molecular weight excluding hydrogens is 444 g/mol. The highest BCUT2D eigenvalue weighted by Gasteiger charge is 2.36. The van der Waals surface area contributed by atoms with Gasteiger partial charge in [-0.05, 0) is 37.7 Å². The Morgan fingerprint density at radius 3 is 3.00 bits per heavy atom. The van der Waals surface area contributed by atoms with Gasteiger partial charge in [0, 0.05) is 42.9 Å². The number of aryl methyl sites for hydroxylation is 1. The van der Waals surface area contributed by atoms with Crippen molar-refractivity contribution in [2.24, 2.45) is 0 Å². The molecule has 10 nitrogen and oxygen atoms in total. The predicted octanol–water partition coefficient (Wildman–Crippen LogP) is 2.27. The lowest BCUT2D eigenvalue weighted by atomic mass is 9.83. The summed E-state index contributed by atoms with van der Waals surface area (Å²) in [5, 5.41) is 30.9. The lowest BCUT2D eigenvalue weighted by Crippen LogP contribution is -2.42. The molecule has 3 aromatic rings. The van der Waals surface area contributed by atoms with E-state index in [4.69, 9.17) is 9.72 Å². The van der Waals surface area contributed by atoms with Crippen molar-refractivity contribution in [2.75, 3.05) is 50.5 Å². The first-order valence-corrected chi connectivity index (χ1v) is 11.8. The number of nitriles is 1. The van der Waals surface area contributed by atoms with Gasteiger partial charge < -0.3 is 25.4 Å². The number of ether oxygens (including phenoxy) is 1. The molecule has 182 valence electrons. The average Bonchev–Trinajstić information content (AvgIpc) is 3.38. The van der Waals surface area contributed by atoms with Crippen molar-refractivity contribution in [1.82, 2.24) is 24.6 Å². The zero-order valence-electron chi connectivity index (χ0n) is 20.2. The molecular formula is C25H30N8O2. The molecule has 5 rings (SSSR count). The van der Waals surface area contributed by atoms with E-state index >= 15 is 0 Å². The number of anilines is 3. The summed E-state index contributed by atoms with van der Waals surface area (Å²) in [5.74, 6) is 1.23. The van der Waals surface area contributed by atoms with Crippen molar-refractivity contribution >= 4 is 17.5 Å². The van der Waals surface area contributed by atoms with Crippen LogP contribution in [0.1, 0.15) is 23.7 Å². The summed E-state index contributed by atoms with van der Waals surface area (Å²) in [4.78, 5) is 11.4. The van der Waals surface area contributed by atoms with Gasteiger partial charge in [-0.2, -0.15) is 10.4 Å². The SMILES string of the molecule is Cc1cc(Nc2nccc(-c3cc(C#N)c4c(c3)[C@@](C)(CO)CN4)n2)n(C[C@@H]2CN(C)CCO2)n1. The lowest BCUT2D eigenvalue weighted by Gasteiger charge is -2.30. The van der Waals surface area contributed by atoms with Gasteiger partial charge in [0.15, 0.2) is 0 Å². The fourth-order valence-corrected chi connectivity index (χ4v) is 4.71. The minimum Gasteiger partial charge on any atom is -0.395 e. The molecule has 1 fully saturated rings. The summed E-state index contributed by atoms with van der Waals surface area (Å²) < 4.78 is 7.82. The molecule has 2 atom stereocenters. The second-order valence-corrected chi connectivity index (χ2v) is 9.63. The molecule has 4 heterocycles. The zero-order chi connectivity index (χ0) is 24.6. The van der Waals surface area contributed by atoms with Crippen LogP contribution in [-0.2, 0) is 16.7 Å². The standard InChI is InChI=1S/C25H30N8O2/c1-16-8-22(33(31-16)13-19-12-32(3)6-7-35-19)30-24-27-5-4-21(29-24)17-9-18(11-26)23-20(10-17)25(2,15-34)14-28-23/h4-5,8-10,19,28,34H,6-7,12-15H2,1-3H3,(H,27,29,30)/t19-,25+/m0/s1. The van der Waals surface area contributed by atoms with Gasteiger partial charge in [0.2, 0.25) is 5.95 Å². The molecule has 1 aromatic carbocycles. The van der Waals surface area contributed by atoms with Crippen LogP contribution in [0.2, 0.25) is 0 Å². The molecule has 0 radical (unpaired) electrons. The van der Waals surface area contributed by atoms with Crippen molar-refractivity contribution in [2.45, 2.75) is 31.9 Å². The normalized spacial score (nSPS) is 21.9. The number of aromatic nitrogens is 4. The number of rotatable bonds is 6. The van der Waals surface area contributed by atoms with Gasteiger partial charge in [0.25, 0.3) is 0 Å². The molecule has 35 heavy (non-hydrogen) atoms. The van der Waals surface area contributed by atoms with Crippen LogP contribution in [0.25, 0.3) is 11.3 Å². The summed E-state index contributed by atoms with van der Waals surface area (Å²) >= 11 is 0. The van der Waals surface area contributed by atoms with Crippen LogP contribution in [-0.4, -0.2) is 75.8 Å². The molecule has 0 spiro atoms. The summed E-state index contributed by atoms with van der Waals surface area (Å²) in [7, 11) is 2.10. The molecule has 0 bridgehead atoms. The van der Waals surface area contributed by atoms with Gasteiger partial charge in [0.05, 0.1) is 48.5 Å². The van der Waals surface area contributed by atoms with Gasteiger partial charge in [-0.15, -0.1) is 0 Å². The van der Waals surface area contributed by atoms with Crippen LogP contribution in [0.15, 0.2) is 30.5 Å². The van der Waals surface area contributed by atoms with Gasteiger partial charge in [0.1, 0.15) is 11.9 Å². The Kier molecular flexibility index (Phi) is 6.15. The van der Waals surface area contributed by atoms with E-state index in [1.165, 1.54) is 0 Å². The minimum absolute atomic E-state index is 0.0122. The Labute approximate surface area is 204 Å². The fourth-order valence-electron chi connectivity index (χ4n) is 4.71. The Balaban J connectivity index is 1.43. The third-order valence-corrected chi connectivity index (χ3v) is 6.73. The first-order valence-electron chi connectivity index (χ1n) is 11.8. The highest BCUT2D eigenvalue weighted by molar-refractivity contribution is 5.76. The van der Waals surface area contributed by atoms with E-state index in [9.17, 15) is 10.4 Å². The second-order valence-electron chi connectivity index (χ2n) is 9.63. The monoisotopic (exact) mass is 474 g/mol. The van der Waals surface area contributed by atoms with E-state index < -0.39 is 5.41 Å². The van der Waals surface area contributed by atoms with Crippen LogP contribution in [0.3, 0.4) is 0 Å². The highest BCUT2D eigenvalue weighted by atomic mass is 16.5. The number of fused-ring (bicyclic) bond motifs is 1. The minimum atomic E-state index is -0.454. The van der Waals surface area contributed by atoms with Crippen molar-refractivity contribution < 1.29 is 9.84 Å². The van der Waals surface area contributed by atoms with Crippen molar-refractivity contribution in [3.05, 3.63) is 47.3 Å². The first-order chi connectivity index (χ1) is 16.9. The number of hydrogen-bond donors (Lipinski definition) is 3. The largest absolute Gasteiger partial charge is 0.395 e. The molecule has 0 amide bonds. The Morgan fingerprint density at radius 1 is 1.37 bits per heavy atom. The number of nitrogens with one attached hydrogen (secondary N) is 2. The van der Waals surface area contributed by atoms with Crippen LogP contribution in [0.4, 0.5) is 17.5 Å². The van der Waals surface area contributed by atoms with Gasteiger partial charge >= 0.3 is 0 Å². The van der Waals surface area contributed by atoms with E-state index in [1.807, 2.05) is 42.8 Å². The molecule has 2 aromatic heterocycles. The smallest absolute Gasteiger partial charge is 0.228 e. The number of likely N-dealkylation sites (N-methyl/N-ethyl adjacent to an activating group) is 1. The molecule has 2 aliphatic heterocycles. The molecule has 0 saturated carbocycles. The van der Waals surface area contributed by atoms with Crippen molar-refractivity contribution in [3.63, 3.8) is 0 Å². The van der Waals surface area contributed by atoms with Crippen molar-refractivity contribution in [1.29, 1.82) is 5.26 Å². The maximum atomic E-state index is 9.99. The summed E-state index contributed by atoms with van der Waals surface area (Å²) in [6.45, 7) is 7.64. The second kappa shape index (κ2) is 9.26. The predicted molar refractivity (Wildman–Crippen MR) is 133 cm³/mol. The van der Waals surface area contributed by atoms with Gasteiger partial charge in [-0.25, -0.2) is 14.6 Å². The van der Waals surface area contributed by atoms with Gasteiger partial charge in [-0.1, -0.05) is 6.92 Å². The van der Waals surface area contributed by atoms with Crippen molar-refractivity contribution in [3.8, 4) is 17.3 Å². The maximum Gasteiger partial charge on any atom is 0.228 e. The number of morpholine rings is 1. The fraction of sp³-hybridized carbons (Fsp3) is 0.440. The molecule has 0 aliphatic carbocycles. The molecule has 3 N–H and O–H groups in total. The van der Waals surface area contributed by atoms with E-state index in [-0.39, 0.29) is 12.7 Å². The molecule has 10 heteroatoms. The Morgan fingerprint density at radius 2 is 2.23 bits per heavy atom. The zero-order valence-corrected chi connectivity index (χ0v) is 20.2. The van der Waals surface area contributed by atoms with Gasteiger partial charge in [-0.3, -0.25) is 0 Å².